The SMILES string of the molecule is CC(CC(=O)N1CCC(Oc2ccc(F)cc2F)CC1)C1CCNCC1. The smallest absolute Gasteiger partial charge is 0.222 e. The zero-order valence-corrected chi connectivity index (χ0v) is 15.3. The number of nitrogens with one attached hydrogen (secondary N) is 1. The highest BCUT2D eigenvalue weighted by Gasteiger charge is 2.28. The van der Waals surface area contributed by atoms with Gasteiger partial charge < -0.3 is 15.0 Å². The van der Waals surface area contributed by atoms with Gasteiger partial charge in [0.2, 0.25) is 5.91 Å². The maximum absolute atomic E-state index is 13.7. The quantitative estimate of drug-likeness (QED) is 0.869. The Labute approximate surface area is 153 Å². The van der Waals surface area contributed by atoms with Crippen LogP contribution in [0.4, 0.5) is 8.78 Å². The van der Waals surface area contributed by atoms with Crippen molar-refractivity contribution in [2.75, 3.05) is 26.2 Å². The molecule has 4 nitrogen and oxygen atoms in total. The Morgan fingerprint density at radius 1 is 1.23 bits per heavy atom. The summed E-state index contributed by atoms with van der Waals surface area (Å²) in [5, 5.41) is 3.36. The number of carbonyl (C=O) groups excluding carboxylic acids is 1. The van der Waals surface area contributed by atoms with Gasteiger partial charge in [-0.05, 0) is 49.9 Å². The Bertz CT molecular complexity index is 612. The Kier molecular flexibility index (Phi) is 6.46. The van der Waals surface area contributed by atoms with Gasteiger partial charge in [0.25, 0.3) is 0 Å². The first-order chi connectivity index (χ1) is 12.5. The van der Waals surface area contributed by atoms with Crippen LogP contribution < -0.4 is 10.1 Å². The lowest BCUT2D eigenvalue weighted by Gasteiger charge is -2.34. The van der Waals surface area contributed by atoms with Gasteiger partial charge in [-0.2, -0.15) is 0 Å². The van der Waals surface area contributed by atoms with Gasteiger partial charge in [-0.3, -0.25) is 4.79 Å². The first-order valence-electron chi connectivity index (χ1n) is 9.63. The lowest BCUT2D eigenvalue weighted by atomic mass is 9.84. The fourth-order valence-corrected chi connectivity index (χ4v) is 3.96. The van der Waals surface area contributed by atoms with E-state index >= 15 is 0 Å². The van der Waals surface area contributed by atoms with Crippen LogP contribution >= 0.6 is 0 Å². The lowest BCUT2D eigenvalue weighted by molar-refractivity contribution is -0.134. The van der Waals surface area contributed by atoms with Crippen LogP contribution in [0.1, 0.15) is 39.0 Å². The van der Waals surface area contributed by atoms with Crippen molar-refractivity contribution in [3.8, 4) is 5.75 Å². The normalized spacial score (nSPS) is 20.8. The van der Waals surface area contributed by atoms with Crippen molar-refractivity contribution < 1.29 is 18.3 Å². The molecular weight excluding hydrogens is 338 g/mol. The van der Waals surface area contributed by atoms with E-state index in [-0.39, 0.29) is 17.8 Å². The number of halogens is 2. The highest BCUT2D eigenvalue weighted by Crippen LogP contribution is 2.27. The number of rotatable bonds is 5. The average Bonchev–Trinajstić information content (AvgIpc) is 2.65. The first-order valence-corrected chi connectivity index (χ1v) is 9.63. The molecule has 144 valence electrons. The van der Waals surface area contributed by atoms with Crippen molar-refractivity contribution in [1.82, 2.24) is 10.2 Å². The number of likely N-dealkylation sites (tertiary alicyclic amines) is 1. The predicted octanol–water partition coefficient (Wildman–Crippen LogP) is 3.36. The summed E-state index contributed by atoms with van der Waals surface area (Å²) in [5.74, 6) is 0.0324. The summed E-state index contributed by atoms with van der Waals surface area (Å²) >= 11 is 0. The Balaban J connectivity index is 1.44. The van der Waals surface area contributed by atoms with Gasteiger partial charge in [0.15, 0.2) is 11.6 Å². The van der Waals surface area contributed by atoms with E-state index in [9.17, 15) is 13.6 Å². The van der Waals surface area contributed by atoms with E-state index in [2.05, 4.69) is 12.2 Å². The van der Waals surface area contributed by atoms with E-state index in [1.807, 2.05) is 4.90 Å². The van der Waals surface area contributed by atoms with Gasteiger partial charge in [0.1, 0.15) is 11.9 Å². The maximum Gasteiger partial charge on any atom is 0.222 e. The third kappa shape index (κ3) is 4.93. The highest BCUT2D eigenvalue weighted by molar-refractivity contribution is 5.76. The molecule has 0 saturated carbocycles. The Morgan fingerprint density at radius 2 is 1.92 bits per heavy atom. The molecule has 0 aliphatic carbocycles. The van der Waals surface area contributed by atoms with E-state index in [4.69, 9.17) is 4.74 Å². The van der Waals surface area contributed by atoms with Crippen molar-refractivity contribution in [3.05, 3.63) is 29.8 Å². The summed E-state index contributed by atoms with van der Waals surface area (Å²) in [6, 6.07) is 3.35. The standard InChI is InChI=1S/C20H28F2N2O2/c1-14(15-4-8-23-9-5-15)12-20(25)24-10-6-17(7-11-24)26-19-3-2-16(21)13-18(19)22/h2-3,13-15,17,23H,4-12H2,1H3. The van der Waals surface area contributed by atoms with Crippen LogP contribution in [0.25, 0.3) is 0 Å². The second-order valence-electron chi connectivity index (χ2n) is 7.54. The van der Waals surface area contributed by atoms with Crippen molar-refractivity contribution >= 4 is 5.91 Å². The van der Waals surface area contributed by atoms with E-state index in [0.29, 0.717) is 44.2 Å². The molecule has 1 atom stereocenters. The molecule has 1 amide bonds. The molecule has 1 aromatic carbocycles. The summed E-state index contributed by atoms with van der Waals surface area (Å²) in [7, 11) is 0. The van der Waals surface area contributed by atoms with Gasteiger partial charge in [0.05, 0.1) is 0 Å². The van der Waals surface area contributed by atoms with Crippen molar-refractivity contribution in [2.24, 2.45) is 11.8 Å². The molecule has 2 fully saturated rings. The summed E-state index contributed by atoms with van der Waals surface area (Å²) in [6.45, 7) is 5.54. The molecule has 2 aliphatic heterocycles. The fourth-order valence-electron chi connectivity index (χ4n) is 3.96. The molecule has 1 aromatic rings. The second kappa shape index (κ2) is 8.80. The monoisotopic (exact) mass is 366 g/mol. The largest absolute Gasteiger partial charge is 0.487 e. The van der Waals surface area contributed by atoms with E-state index in [0.717, 1.165) is 32.0 Å². The van der Waals surface area contributed by atoms with Crippen molar-refractivity contribution in [2.45, 2.75) is 45.1 Å². The maximum atomic E-state index is 13.7. The summed E-state index contributed by atoms with van der Waals surface area (Å²) in [5.41, 5.74) is 0. The number of nitrogens with zero attached hydrogens (tertiary/aromatic N) is 1. The molecule has 2 heterocycles. The number of amides is 1. The topological polar surface area (TPSA) is 41.6 Å². The molecule has 2 saturated heterocycles. The number of benzene rings is 1. The molecule has 26 heavy (non-hydrogen) atoms. The van der Waals surface area contributed by atoms with Crippen LogP contribution in [0, 0.1) is 23.5 Å². The lowest BCUT2D eigenvalue weighted by Crippen LogP contribution is -2.43. The summed E-state index contributed by atoms with van der Waals surface area (Å²) in [6.07, 6.45) is 4.10. The summed E-state index contributed by atoms with van der Waals surface area (Å²) < 4.78 is 32.3. The predicted molar refractivity (Wildman–Crippen MR) is 96.0 cm³/mol. The van der Waals surface area contributed by atoms with Gasteiger partial charge in [-0.15, -0.1) is 0 Å². The molecule has 1 N–H and O–H groups in total. The average molecular weight is 366 g/mol. The molecule has 0 spiro atoms. The van der Waals surface area contributed by atoms with Gasteiger partial charge in [-0.25, -0.2) is 8.78 Å². The van der Waals surface area contributed by atoms with E-state index in [1.54, 1.807) is 0 Å². The Morgan fingerprint density at radius 3 is 2.58 bits per heavy atom. The third-order valence-electron chi connectivity index (χ3n) is 5.67. The number of carbonyl (C=O) groups is 1. The molecule has 2 aliphatic rings. The van der Waals surface area contributed by atoms with Crippen molar-refractivity contribution in [1.29, 1.82) is 0 Å². The molecule has 1 unspecified atom stereocenters. The van der Waals surface area contributed by atoms with Crippen LogP contribution in [0.15, 0.2) is 18.2 Å². The minimum atomic E-state index is -0.681. The summed E-state index contributed by atoms with van der Waals surface area (Å²) in [4.78, 5) is 14.5. The molecular formula is C20H28F2N2O2. The van der Waals surface area contributed by atoms with Gasteiger partial charge >= 0.3 is 0 Å². The van der Waals surface area contributed by atoms with Crippen molar-refractivity contribution in [3.63, 3.8) is 0 Å². The molecule has 6 heteroatoms. The minimum Gasteiger partial charge on any atom is -0.487 e. The van der Waals surface area contributed by atoms with E-state index < -0.39 is 11.6 Å². The number of hydrogen-bond donors (Lipinski definition) is 1. The van der Waals surface area contributed by atoms with Crippen LogP contribution in [0.5, 0.6) is 5.75 Å². The zero-order chi connectivity index (χ0) is 18.5. The minimum absolute atomic E-state index is 0.0794. The second-order valence-corrected chi connectivity index (χ2v) is 7.54. The van der Waals surface area contributed by atoms with Crippen LogP contribution in [-0.2, 0) is 4.79 Å². The fraction of sp³-hybridized carbons (Fsp3) is 0.650. The van der Waals surface area contributed by atoms with Gasteiger partial charge in [-0.1, -0.05) is 6.92 Å². The molecule has 0 bridgehead atoms. The first kappa shape index (κ1) is 19.1. The number of hydrogen-bond acceptors (Lipinski definition) is 3. The molecule has 0 aromatic heterocycles. The van der Waals surface area contributed by atoms with E-state index in [1.165, 1.54) is 12.1 Å². The highest BCUT2D eigenvalue weighted by atomic mass is 19.1. The van der Waals surface area contributed by atoms with Gasteiger partial charge in [0, 0.05) is 38.4 Å². The number of ether oxygens (including phenoxy) is 1. The van der Waals surface area contributed by atoms with Crippen LogP contribution in [0.2, 0.25) is 0 Å². The van der Waals surface area contributed by atoms with Crippen LogP contribution in [0.3, 0.4) is 0 Å². The Hall–Kier alpha value is -1.69. The third-order valence-corrected chi connectivity index (χ3v) is 5.67. The molecule has 0 radical (unpaired) electrons. The number of piperidine rings is 2. The molecule has 3 rings (SSSR count). The van der Waals surface area contributed by atoms with Crippen LogP contribution in [-0.4, -0.2) is 43.1 Å². The zero-order valence-electron chi connectivity index (χ0n) is 15.3.